The summed E-state index contributed by atoms with van der Waals surface area (Å²) in [5.41, 5.74) is 0. The molecule has 150 valence electrons. The van der Waals surface area contributed by atoms with Crippen molar-refractivity contribution in [3.63, 3.8) is 0 Å². The van der Waals surface area contributed by atoms with E-state index in [0.29, 0.717) is 24.0 Å². The number of Topliss-reactive ketones (excluding diaryl/α,β-unsaturated/α-hetero) is 1. The topological polar surface area (TPSA) is 52.7 Å². The third-order valence-electron chi connectivity index (χ3n) is 6.20. The maximum absolute atomic E-state index is 12.8. The second kappa shape index (κ2) is 11.0. The van der Waals surface area contributed by atoms with Gasteiger partial charge in [-0.25, -0.2) is 0 Å². The summed E-state index contributed by atoms with van der Waals surface area (Å²) in [6.07, 6.45) is 5.45. The Balaban J connectivity index is 0.00000117. The molecule has 1 unspecified atom stereocenters. The smallest absolute Gasteiger partial charge is 0.225 e. The van der Waals surface area contributed by atoms with Gasteiger partial charge in [0.15, 0.2) is 0 Å². The van der Waals surface area contributed by atoms with Crippen LogP contribution in [-0.4, -0.2) is 67.3 Å². The van der Waals surface area contributed by atoms with Crippen LogP contribution < -0.4 is 5.32 Å². The van der Waals surface area contributed by atoms with E-state index in [0.717, 1.165) is 77.9 Å². The number of carbonyl (C=O) groups excluding carboxylic acids is 2. The van der Waals surface area contributed by atoms with Crippen LogP contribution in [0.15, 0.2) is 0 Å². The molecule has 0 aromatic carbocycles. The SMILES string of the molecule is CC.CCC(=O)C1CCC(C(=O)N2CCC(CN3CCNCC3)C2)CC1. The highest BCUT2D eigenvalue weighted by Gasteiger charge is 2.34. The van der Waals surface area contributed by atoms with Crippen molar-refractivity contribution in [2.45, 2.75) is 59.3 Å². The minimum Gasteiger partial charge on any atom is -0.342 e. The number of carbonyl (C=O) groups is 2. The van der Waals surface area contributed by atoms with Crippen molar-refractivity contribution >= 4 is 11.7 Å². The molecule has 5 nitrogen and oxygen atoms in total. The van der Waals surface area contributed by atoms with Crippen molar-refractivity contribution in [2.24, 2.45) is 17.8 Å². The molecule has 1 amide bonds. The van der Waals surface area contributed by atoms with E-state index in [1.165, 1.54) is 0 Å². The molecule has 2 heterocycles. The van der Waals surface area contributed by atoms with Gasteiger partial charge in [0.2, 0.25) is 5.91 Å². The number of amides is 1. The summed E-state index contributed by atoms with van der Waals surface area (Å²) in [5.74, 6) is 1.78. The first kappa shape index (κ1) is 21.4. The third kappa shape index (κ3) is 5.78. The van der Waals surface area contributed by atoms with Gasteiger partial charge in [-0.1, -0.05) is 20.8 Å². The molecule has 1 saturated carbocycles. The minimum absolute atomic E-state index is 0.170. The molecular formula is C21H39N3O2. The van der Waals surface area contributed by atoms with Crippen LogP contribution in [0, 0.1) is 17.8 Å². The highest BCUT2D eigenvalue weighted by Crippen LogP contribution is 2.32. The van der Waals surface area contributed by atoms with Crippen LogP contribution in [0.4, 0.5) is 0 Å². The predicted octanol–water partition coefficient (Wildman–Crippen LogP) is 2.55. The summed E-state index contributed by atoms with van der Waals surface area (Å²) in [4.78, 5) is 29.3. The molecule has 3 rings (SSSR count). The van der Waals surface area contributed by atoms with Gasteiger partial charge in [-0.2, -0.15) is 0 Å². The Bertz CT molecular complexity index is 441. The molecule has 0 aromatic heterocycles. The second-order valence-corrected chi connectivity index (χ2v) is 7.86. The average Bonchev–Trinajstić information content (AvgIpc) is 3.17. The van der Waals surface area contributed by atoms with Crippen molar-refractivity contribution in [1.29, 1.82) is 0 Å². The summed E-state index contributed by atoms with van der Waals surface area (Å²) < 4.78 is 0. The van der Waals surface area contributed by atoms with E-state index in [-0.39, 0.29) is 11.8 Å². The molecule has 5 heteroatoms. The highest BCUT2D eigenvalue weighted by molar-refractivity contribution is 5.82. The molecule has 0 spiro atoms. The maximum Gasteiger partial charge on any atom is 0.225 e. The third-order valence-corrected chi connectivity index (χ3v) is 6.20. The van der Waals surface area contributed by atoms with Gasteiger partial charge in [0.05, 0.1) is 0 Å². The lowest BCUT2D eigenvalue weighted by molar-refractivity contribution is -0.137. The van der Waals surface area contributed by atoms with E-state index >= 15 is 0 Å². The Hall–Kier alpha value is -0.940. The molecule has 1 N–H and O–H groups in total. The average molecular weight is 366 g/mol. The number of likely N-dealkylation sites (tertiary alicyclic amines) is 1. The van der Waals surface area contributed by atoms with Crippen molar-refractivity contribution < 1.29 is 9.59 Å². The van der Waals surface area contributed by atoms with Crippen LogP contribution >= 0.6 is 0 Å². The number of ketones is 1. The second-order valence-electron chi connectivity index (χ2n) is 7.86. The van der Waals surface area contributed by atoms with E-state index in [1.807, 2.05) is 20.8 Å². The van der Waals surface area contributed by atoms with Gasteiger partial charge in [0, 0.05) is 64.1 Å². The lowest BCUT2D eigenvalue weighted by Gasteiger charge is -2.31. The van der Waals surface area contributed by atoms with Crippen LogP contribution in [0.1, 0.15) is 59.3 Å². The molecular weight excluding hydrogens is 326 g/mol. The fourth-order valence-electron chi connectivity index (χ4n) is 4.65. The Morgan fingerprint density at radius 2 is 1.54 bits per heavy atom. The van der Waals surface area contributed by atoms with Crippen molar-refractivity contribution in [1.82, 2.24) is 15.1 Å². The van der Waals surface area contributed by atoms with Crippen LogP contribution in [-0.2, 0) is 9.59 Å². The summed E-state index contributed by atoms with van der Waals surface area (Å²) >= 11 is 0. The zero-order chi connectivity index (χ0) is 18.9. The number of rotatable bonds is 5. The fraction of sp³-hybridized carbons (Fsp3) is 0.905. The molecule has 0 bridgehead atoms. The zero-order valence-corrected chi connectivity index (χ0v) is 17.1. The molecule has 0 radical (unpaired) electrons. The van der Waals surface area contributed by atoms with Gasteiger partial charge >= 0.3 is 0 Å². The van der Waals surface area contributed by atoms with Crippen molar-refractivity contribution in [3.05, 3.63) is 0 Å². The molecule has 2 aliphatic heterocycles. The molecule has 2 saturated heterocycles. The van der Waals surface area contributed by atoms with Crippen LogP contribution in [0.2, 0.25) is 0 Å². The van der Waals surface area contributed by atoms with Gasteiger partial charge in [-0.15, -0.1) is 0 Å². The monoisotopic (exact) mass is 365 g/mol. The van der Waals surface area contributed by atoms with E-state index in [9.17, 15) is 9.59 Å². The summed E-state index contributed by atoms with van der Waals surface area (Å²) in [5, 5.41) is 3.40. The van der Waals surface area contributed by atoms with Crippen molar-refractivity contribution in [2.75, 3.05) is 45.8 Å². The Morgan fingerprint density at radius 3 is 2.15 bits per heavy atom. The number of hydrogen-bond donors (Lipinski definition) is 1. The standard InChI is InChI=1S/C19H33N3O2.C2H6/c1-2-18(23)16-3-5-17(6-4-16)19(24)22-10-7-15(14-22)13-21-11-8-20-9-12-21;1-2/h15-17,20H,2-14H2,1H3;1-2H3. The van der Waals surface area contributed by atoms with Gasteiger partial charge < -0.3 is 15.1 Å². The molecule has 3 aliphatic rings. The van der Waals surface area contributed by atoms with E-state index in [4.69, 9.17) is 0 Å². The predicted molar refractivity (Wildman–Crippen MR) is 106 cm³/mol. The first-order chi connectivity index (χ1) is 12.7. The molecule has 26 heavy (non-hydrogen) atoms. The Morgan fingerprint density at radius 1 is 0.923 bits per heavy atom. The maximum atomic E-state index is 12.8. The first-order valence-corrected chi connectivity index (χ1v) is 10.9. The van der Waals surface area contributed by atoms with Gasteiger partial charge in [0.1, 0.15) is 5.78 Å². The minimum atomic E-state index is 0.170. The van der Waals surface area contributed by atoms with Crippen LogP contribution in [0.25, 0.3) is 0 Å². The number of piperazine rings is 1. The number of nitrogens with zero attached hydrogens (tertiary/aromatic N) is 2. The van der Waals surface area contributed by atoms with Crippen LogP contribution in [0.3, 0.4) is 0 Å². The van der Waals surface area contributed by atoms with Crippen LogP contribution in [0.5, 0.6) is 0 Å². The first-order valence-electron chi connectivity index (χ1n) is 10.9. The molecule has 1 aliphatic carbocycles. The largest absolute Gasteiger partial charge is 0.342 e. The quantitative estimate of drug-likeness (QED) is 0.813. The summed E-state index contributed by atoms with van der Waals surface area (Å²) in [6.45, 7) is 13.4. The molecule has 3 fully saturated rings. The van der Waals surface area contributed by atoms with Gasteiger partial charge in [0.25, 0.3) is 0 Å². The molecule has 0 aromatic rings. The lowest BCUT2D eigenvalue weighted by atomic mass is 9.79. The number of nitrogens with one attached hydrogen (secondary N) is 1. The fourth-order valence-corrected chi connectivity index (χ4v) is 4.65. The molecule has 1 atom stereocenters. The Labute approximate surface area is 159 Å². The van der Waals surface area contributed by atoms with E-state index < -0.39 is 0 Å². The summed E-state index contributed by atoms with van der Waals surface area (Å²) in [7, 11) is 0. The number of hydrogen-bond acceptors (Lipinski definition) is 4. The highest BCUT2D eigenvalue weighted by atomic mass is 16.2. The lowest BCUT2D eigenvalue weighted by Crippen LogP contribution is -2.45. The normalized spacial score (nSPS) is 29.8. The van der Waals surface area contributed by atoms with E-state index in [2.05, 4.69) is 15.1 Å². The summed E-state index contributed by atoms with van der Waals surface area (Å²) in [6, 6.07) is 0. The Kier molecular flexibility index (Phi) is 9.06. The van der Waals surface area contributed by atoms with Gasteiger partial charge in [-0.05, 0) is 38.0 Å². The van der Waals surface area contributed by atoms with E-state index in [1.54, 1.807) is 0 Å². The zero-order valence-electron chi connectivity index (χ0n) is 17.1. The van der Waals surface area contributed by atoms with Gasteiger partial charge in [-0.3, -0.25) is 9.59 Å². The van der Waals surface area contributed by atoms with Crippen molar-refractivity contribution in [3.8, 4) is 0 Å².